The smallest absolute Gasteiger partial charge is 0.231 e. The van der Waals surface area contributed by atoms with Gasteiger partial charge in [-0.25, -0.2) is 0 Å². The van der Waals surface area contributed by atoms with Crippen LogP contribution >= 0.6 is 0 Å². The van der Waals surface area contributed by atoms with E-state index in [2.05, 4.69) is 4.90 Å². The number of carbonyl (C=O) groups excluding carboxylic acids is 1. The van der Waals surface area contributed by atoms with Crippen molar-refractivity contribution in [2.45, 2.75) is 57.0 Å². The summed E-state index contributed by atoms with van der Waals surface area (Å²) in [5, 5.41) is 0. The third-order valence-electron chi connectivity index (χ3n) is 5.99. The third-order valence-corrected chi connectivity index (χ3v) is 5.99. The van der Waals surface area contributed by atoms with E-state index in [0.29, 0.717) is 18.5 Å². The van der Waals surface area contributed by atoms with Crippen molar-refractivity contribution in [1.82, 2.24) is 9.80 Å². The van der Waals surface area contributed by atoms with Crippen LogP contribution < -0.4 is 9.47 Å². The van der Waals surface area contributed by atoms with Gasteiger partial charge in [-0.2, -0.15) is 0 Å². The minimum atomic E-state index is 0.204. The predicted molar refractivity (Wildman–Crippen MR) is 95.9 cm³/mol. The lowest BCUT2D eigenvalue weighted by atomic mass is 9.88. The quantitative estimate of drug-likeness (QED) is 0.842. The highest BCUT2D eigenvalue weighted by atomic mass is 16.7. The molecule has 2 heterocycles. The number of rotatable bonds is 4. The molecule has 2 aliphatic heterocycles. The Morgan fingerprint density at radius 2 is 1.88 bits per heavy atom. The highest BCUT2D eigenvalue weighted by Gasteiger charge is 2.35. The monoisotopic (exact) mass is 344 g/mol. The van der Waals surface area contributed by atoms with Gasteiger partial charge in [0.1, 0.15) is 0 Å². The summed E-state index contributed by atoms with van der Waals surface area (Å²) in [6.45, 7) is 2.67. The van der Waals surface area contributed by atoms with Crippen molar-refractivity contribution in [3.8, 4) is 11.5 Å². The van der Waals surface area contributed by atoms with Crippen molar-refractivity contribution < 1.29 is 14.3 Å². The van der Waals surface area contributed by atoms with E-state index in [9.17, 15) is 4.79 Å². The molecule has 5 heteroatoms. The van der Waals surface area contributed by atoms with Gasteiger partial charge in [0.25, 0.3) is 0 Å². The number of benzene rings is 1. The van der Waals surface area contributed by atoms with Gasteiger partial charge in [-0.3, -0.25) is 9.69 Å². The molecule has 1 aromatic carbocycles. The Labute approximate surface area is 149 Å². The maximum absolute atomic E-state index is 12.9. The second-order valence-corrected chi connectivity index (χ2v) is 7.53. The largest absolute Gasteiger partial charge is 0.454 e. The lowest BCUT2D eigenvalue weighted by Gasteiger charge is -2.42. The molecule has 0 spiro atoms. The predicted octanol–water partition coefficient (Wildman–Crippen LogP) is 2.82. The molecule has 4 rings (SSSR count). The van der Waals surface area contributed by atoms with Gasteiger partial charge < -0.3 is 14.4 Å². The van der Waals surface area contributed by atoms with E-state index in [0.717, 1.165) is 23.5 Å². The summed E-state index contributed by atoms with van der Waals surface area (Å²) in [5.41, 5.74) is 0.995. The zero-order valence-corrected chi connectivity index (χ0v) is 15.1. The second-order valence-electron chi connectivity index (χ2n) is 7.53. The van der Waals surface area contributed by atoms with Crippen LogP contribution in [0.2, 0.25) is 0 Å². The Hall–Kier alpha value is -1.75. The number of hydrogen-bond acceptors (Lipinski definition) is 4. The van der Waals surface area contributed by atoms with Crippen LogP contribution in [-0.2, 0) is 11.2 Å². The topological polar surface area (TPSA) is 42.0 Å². The molecule has 0 radical (unpaired) electrons. The van der Waals surface area contributed by atoms with Crippen molar-refractivity contribution >= 4 is 5.91 Å². The fraction of sp³-hybridized carbons (Fsp3) is 0.650. The van der Waals surface area contributed by atoms with Crippen LogP contribution in [0, 0.1) is 0 Å². The number of fused-ring (bicyclic) bond motifs is 1. The summed E-state index contributed by atoms with van der Waals surface area (Å²) in [7, 11) is 1.99. The van der Waals surface area contributed by atoms with E-state index in [1.54, 1.807) is 0 Å². The molecular weight excluding hydrogens is 316 g/mol. The van der Waals surface area contributed by atoms with Crippen molar-refractivity contribution in [1.29, 1.82) is 0 Å². The molecule has 0 aromatic heterocycles. The summed E-state index contributed by atoms with van der Waals surface area (Å²) < 4.78 is 10.8. The molecule has 3 aliphatic rings. The molecule has 2 atom stereocenters. The average Bonchev–Trinajstić information content (AvgIpc) is 3.32. The maximum atomic E-state index is 12.9. The molecular formula is C20H28N2O3. The van der Waals surface area contributed by atoms with Gasteiger partial charge in [0.05, 0.1) is 6.42 Å². The zero-order chi connectivity index (χ0) is 17.2. The first kappa shape index (κ1) is 16.7. The number of likely N-dealkylation sites (tertiary alicyclic amines) is 1. The van der Waals surface area contributed by atoms with Gasteiger partial charge in [0, 0.05) is 19.1 Å². The first-order chi connectivity index (χ1) is 12.2. The Kier molecular flexibility index (Phi) is 4.84. The number of nitrogens with zero attached hydrogens (tertiary/aromatic N) is 2. The zero-order valence-electron chi connectivity index (χ0n) is 15.1. The van der Waals surface area contributed by atoms with Crippen molar-refractivity contribution in [2.75, 3.05) is 26.9 Å². The molecule has 0 bridgehead atoms. The molecule has 136 valence electrons. The SMILES string of the molecule is CN(C(=O)Cc1ccc2c(c1)OCO2)[C@H]1CCCC[C@H]1N1CCCC1. The summed E-state index contributed by atoms with van der Waals surface area (Å²) in [5.74, 6) is 1.72. The second kappa shape index (κ2) is 7.24. The number of ether oxygens (including phenoxy) is 2. The minimum Gasteiger partial charge on any atom is -0.454 e. The number of hydrogen-bond donors (Lipinski definition) is 0. The minimum absolute atomic E-state index is 0.204. The fourth-order valence-corrected chi connectivity index (χ4v) is 4.58. The Morgan fingerprint density at radius 3 is 2.72 bits per heavy atom. The molecule has 1 saturated heterocycles. The third kappa shape index (κ3) is 3.47. The van der Waals surface area contributed by atoms with Gasteiger partial charge >= 0.3 is 0 Å². The number of amides is 1. The van der Waals surface area contributed by atoms with E-state index in [1.165, 1.54) is 45.2 Å². The van der Waals surface area contributed by atoms with E-state index < -0.39 is 0 Å². The molecule has 0 unspecified atom stereocenters. The molecule has 25 heavy (non-hydrogen) atoms. The fourth-order valence-electron chi connectivity index (χ4n) is 4.58. The molecule has 1 aromatic rings. The highest BCUT2D eigenvalue weighted by molar-refractivity contribution is 5.79. The van der Waals surface area contributed by atoms with Gasteiger partial charge in [-0.1, -0.05) is 18.9 Å². The van der Waals surface area contributed by atoms with Crippen molar-refractivity contribution in [3.63, 3.8) is 0 Å². The van der Waals surface area contributed by atoms with Crippen LogP contribution in [-0.4, -0.2) is 54.7 Å². The van der Waals surface area contributed by atoms with Crippen LogP contribution in [0.25, 0.3) is 0 Å². The lowest BCUT2D eigenvalue weighted by molar-refractivity contribution is -0.133. The molecule has 1 aliphatic carbocycles. The normalized spacial score (nSPS) is 26.0. The number of likely N-dealkylation sites (N-methyl/N-ethyl adjacent to an activating group) is 1. The molecule has 1 saturated carbocycles. The molecule has 1 amide bonds. The van der Waals surface area contributed by atoms with Gasteiger partial charge in [-0.05, 0) is 56.5 Å². The standard InChI is InChI=1S/C20H28N2O3/c1-21(16-6-2-3-7-17(16)22-10-4-5-11-22)20(23)13-15-8-9-18-19(12-15)25-14-24-18/h8-9,12,16-17H,2-7,10-11,13-14H2,1H3/t16-,17+/m0/s1. The molecule has 5 nitrogen and oxygen atoms in total. The van der Waals surface area contributed by atoms with Gasteiger partial charge in [0.15, 0.2) is 11.5 Å². The summed E-state index contributed by atoms with van der Waals surface area (Å²) in [4.78, 5) is 17.5. The van der Waals surface area contributed by atoms with Crippen molar-refractivity contribution in [2.24, 2.45) is 0 Å². The maximum Gasteiger partial charge on any atom is 0.231 e. The van der Waals surface area contributed by atoms with E-state index in [4.69, 9.17) is 9.47 Å². The first-order valence-electron chi connectivity index (χ1n) is 9.60. The van der Waals surface area contributed by atoms with Crippen LogP contribution in [0.3, 0.4) is 0 Å². The van der Waals surface area contributed by atoms with Crippen LogP contribution in [0.5, 0.6) is 11.5 Å². The lowest BCUT2D eigenvalue weighted by Crippen LogP contribution is -2.53. The van der Waals surface area contributed by atoms with Crippen LogP contribution in [0.15, 0.2) is 18.2 Å². The van der Waals surface area contributed by atoms with E-state index in [-0.39, 0.29) is 12.7 Å². The molecule has 2 fully saturated rings. The Morgan fingerprint density at radius 1 is 1.12 bits per heavy atom. The van der Waals surface area contributed by atoms with E-state index >= 15 is 0 Å². The Balaban J connectivity index is 1.43. The summed E-state index contributed by atoms with van der Waals surface area (Å²) >= 11 is 0. The average molecular weight is 344 g/mol. The van der Waals surface area contributed by atoms with Crippen molar-refractivity contribution in [3.05, 3.63) is 23.8 Å². The summed E-state index contributed by atoms with van der Waals surface area (Å²) in [6.07, 6.45) is 7.92. The van der Waals surface area contributed by atoms with E-state index in [1.807, 2.05) is 30.1 Å². The van der Waals surface area contributed by atoms with Gasteiger partial charge in [-0.15, -0.1) is 0 Å². The first-order valence-corrected chi connectivity index (χ1v) is 9.60. The van der Waals surface area contributed by atoms with Gasteiger partial charge in [0.2, 0.25) is 12.7 Å². The van der Waals surface area contributed by atoms with Crippen LogP contribution in [0.4, 0.5) is 0 Å². The highest BCUT2D eigenvalue weighted by Crippen LogP contribution is 2.33. The number of carbonyl (C=O) groups is 1. The summed E-state index contributed by atoms with van der Waals surface area (Å²) in [6, 6.07) is 6.71. The Bertz CT molecular complexity index is 627. The van der Waals surface area contributed by atoms with Crippen LogP contribution in [0.1, 0.15) is 44.1 Å². The molecule has 0 N–H and O–H groups in total.